The zero-order valence-electron chi connectivity index (χ0n) is 15.3. The largest absolute Gasteiger partial charge is 0.465 e. The minimum atomic E-state index is -1.01. The second kappa shape index (κ2) is 8.17. The highest BCUT2D eigenvalue weighted by molar-refractivity contribution is 5.65. The molecule has 0 aliphatic carbocycles. The third-order valence-electron chi connectivity index (χ3n) is 4.28. The summed E-state index contributed by atoms with van der Waals surface area (Å²) < 4.78 is 0. The molecule has 0 radical (unpaired) electrons. The number of hydrogen-bond donors (Lipinski definition) is 3. The van der Waals surface area contributed by atoms with E-state index in [-0.39, 0.29) is 5.41 Å². The van der Waals surface area contributed by atoms with E-state index in [2.05, 4.69) is 55.7 Å². The van der Waals surface area contributed by atoms with Crippen LogP contribution in [-0.2, 0) is 5.41 Å². The summed E-state index contributed by atoms with van der Waals surface area (Å²) in [5.41, 5.74) is 1.87. The Hall–Kier alpha value is -2.33. The number of hydrogen-bond acceptors (Lipinski definition) is 2. The zero-order valence-corrected chi connectivity index (χ0v) is 15.3. The minimum absolute atomic E-state index is 0.152. The minimum Gasteiger partial charge on any atom is -0.465 e. The predicted molar refractivity (Wildman–Crippen MR) is 102 cm³/mol. The fraction of sp³-hybridized carbons (Fsp3) is 0.381. The Morgan fingerprint density at radius 1 is 0.840 bits per heavy atom. The van der Waals surface area contributed by atoms with Crippen molar-refractivity contribution in [2.75, 3.05) is 19.6 Å². The van der Waals surface area contributed by atoms with Gasteiger partial charge in [0.25, 0.3) is 0 Å². The van der Waals surface area contributed by atoms with Crippen molar-refractivity contribution in [3.8, 4) is 0 Å². The van der Waals surface area contributed by atoms with Gasteiger partial charge in [0.2, 0.25) is 0 Å². The Bertz CT molecular complexity index is 624. The van der Waals surface area contributed by atoms with Crippen LogP contribution in [0.25, 0.3) is 0 Å². The van der Waals surface area contributed by atoms with E-state index in [0.717, 1.165) is 17.7 Å². The van der Waals surface area contributed by atoms with Gasteiger partial charge in [-0.05, 0) is 16.5 Å². The molecular weight excluding hydrogens is 312 g/mol. The van der Waals surface area contributed by atoms with Crippen LogP contribution in [0.2, 0.25) is 0 Å². The number of amides is 1. The average Bonchev–Trinajstić information content (AvgIpc) is 2.58. The van der Waals surface area contributed by atoms with E-state index in [4.69, 9.17) is 0 Å². The Balaban J connectivity index is 2.43. The lowest BCUT2D eigenvalue weighted by atomic mass is 9.74. The van der Waals surface area contributed by atoms with Crippen molar-refractivity contribution in [1.29, 1.82) is 0 Å². The summed E-state index contributed by atoms with van der Waals surface area (Å²) >= 11 is 0. The second-order valence-electron chi connectivity index (χ2n) is 7.64. The molecule has 0 fully saturated rings. The maximum Gasteiger partial charge on any atom is 0.404 e. The molecule has 0 unspecified atom stereocenters. The third kappa shape index (κ3) is 5.33. The number of benzene rings is 2. The van der Waals surface area contributed by atoms with E-state index in [1.54, 1.807) is 0 Å². The molecule has 0 aliphatic heterocycles. The first kappa shape index (κ1) is 19.0. The molecule has 0 saturated heterocycles. The average molecular weight is 340 g/mol. The molecule has 0 saturated carbocycles. The normalized spacial score (nSPS) is 12.0. The smallest absolute Gasteiger partial charge is 0.404 e. The van der Waals surface area contributed by atoms with Gasteiger partial charge in [-0.2, -0.15) is 0 Å². The monoisotopic (exact) mass is 340 g/mol. The molecule has 3 N–H and O–H groups in total. The highest BCUT2D eigenvalue weighted by atomic mass is 16.4. The number of nitrogens with one attached hydrogen (secondary N) is 2. The van der Waals surface area contributed by atoms with E-state index in [0.29, 0.717) is 13.1 Å². The van der Waals surface area contributed by atoms with Gasteiger partial charge in [-0.3, -0.25) is 0 Å². The maximum atomic E-state index is 11.2. The van der Waals surface area contributed by atoms with Crippen LogP contribution >= 0.6 is 0 Å². The molecule has 25 heavy (non-hydrogen) atoms. The lowest BCUT2D eigenvalue weighted by molar-refractivity contribution is 0.191. The van der Waals surface area contributed by atoms with Gasteiger partial charge in [0, 0.05) is 19.6 Å². The molecule has 0 aromatic heterocycles. The molecule has 4 heteroatoms. The number of carbonyl (C=O) groups is 1. The fourth-order valence-electron chi connectivity index (χ4n) is 3.03. The van der Waals surface area contributed by atoms with Crippen LogP contribution in [-0.4, -0.2) is 30.8 Å². The Morgan fingerprint density at radius 3 is 1.72 bits per heavy atom. The summed E-state index contributed by atoms with van der Waals surface area (Å²) in [5.74, 6) is 0. The van der Waals surface area contributed by atoms with Gasteiger partial charge < -0.3 is 15.7 Å². The summed E-state index contributed by atoms with van der Waals surface area (Å²) in [7, 11) is 0. The van der Waals surface area contributed by atoms with Crippen molar-refractivity contribution in [3.05, 3.63) is 71.8 Å². The van der Waals surface area contributed by atoms with Gasteiger partial charge in [0.15, 0.2) is 0 Å². The SMILES string of the molecule is CC(C)(C)CNCC(CNC(=O)O)(c1ccccc1)c1ccccc1. The van der Waals surface area contributed by atoms with Gasteiger partial charge in [0.1, 0.15) is 0 Å². The van der Waals surface area contributed by atoms with Crippen LogP contribution in [0.5, 0.6) is 0 Å². The first-order valence-corrected chi connectivity index (χ1v) is 8.62. The quantitative estimate of drug-likeness (QED) is 0.717. The zero-order chi connectivity index (χ0) is 18.3. The van der Waals surface area contributed by atoms with E-state index in [1.165, 1.54) is 0 Å². The Labute approximate surface area is 150 Å². The molecule has 2 aromatic carbocycles. The number of rotatable bonds is 7. The highest BCUT2D eigenvalue weighted by Gasteiger charge is 2.34. The molecular formula is C21H28N2O2. The highest BCUT2D eigenvalue weighted by Crippen LogP contribution is 2.31. The van der Waals surface area contributed by atoms with Crippen molar-refractivity contribution in [3.63, 3.8) is 0 Å². The molecule has 0 atom stereocenters. The van der Waals surface area contributed by atoms with E-state index >= 15 is 0 Å². The van der Waals surface area contributed by atoms with Gasteiger partial charge in [-0.15, -0.1) is 0 Å². The molecule has 4 nitrogen and oxygen atoms in total. The molecule has 0 bridgehead atoms. The molecule has 2 rings (SSSR count). The Morgan fingerprint density at radius 2 is 1.32 bits per heavy atom. The second-order valence-corrected chi connectivity index (χ2v) is 7.64. The van der Waals surface area contributed by atoms with E-state index < -0.39 is 11.5 Å². The third-order valence-corrected chi connectivity index (χ3v) is 4.28. The lowest BCUT2D eigenvalue weighted by Gasteiger charge is -2.36. The summed E-state index contributed by atoms with van der Waals surface area (Å²) in [5, 5.41) is 15.4. The van der Waals surface area contributed by atoms with Gasteiger partial charge in [-0.1, -0.05) is 81.4 Å². The summed E-state index contributed by atoms with van der Waals surface area (Å²) in [6, 6.07) is 20.2. The fourth-order valence-corrected chi connectivity index (χ4v) is 3.03. The molecule has 0 heterocycles. The molecule has 0 spiro atoms. The summed E-state index contributed by atoms with van der Waals surface area (Å²) in [6.45, 7) is 8.36. The van der Waals surface area contributed by atoms with Crippen molar-refractivity contribution in [1.82, 2.24) is 10.6 Å². The first-order chi connectivity index (χ1) is 11.8. The van der Waals surface area contributed by atoms with Crippen LogP contribution in [0.15, 0.2) is 60.7 Å². The first-order valence-electron chi connectivity index (χ1n) is 8.62. The van der Waals surface area contributed by atoms with E-state index in [9.17, 15) is 9.90 Å². The summed E-state index contributed by atoms with van der Waals surface area (Å²) in [4.78, 5) is 11.2. The van der Waals surface area contributed by atoms with Crippen molar-refractivity contribution >= 4 is 6.09 Å². The standard InChI is InChI=1S/C21H28N2O2/c1-20(2,3)14-22-15-21(16-23-19(24)25,17-10-6-4-7-11-17)18-12-8-5-9-13-18/h4-13,22-23H,14-16H2,1-3H3,(H,24,25). The number of carboxylic acid groups (broad SMARTS) is 1. The van der Waals surface area contributed by atoms with E-state index in [1.807, 2.05) is 36.4 Å². The van der Waals surface area contributed by atoms with Crippen molar-refractivity contribution in [2.45, 2.75) is 26.2 Å². The van der Waals surface area contributed by atoms with Gasteiger partial charge in [0.05, 0.1) is 5.41 Å². The van der Waals surface area contributed by atoms with Crippen LogP contribution in [0.4, 0.5) is 4.79 Å². The topological polar surface area (TPSA) is 61.4 Å². The van der Waals surface area contributed by atoms with Gasteiger partial charge >= 0.3 is 6.09 Å². The Kier molecular flexibility index (Phi) is 6.21. The molecule has 0 aliphatic rings. The van der Waals surface area contributed by atoms with Crippen molar-refractivity contribution in [2.24, 2.45) is 5.41 Å². The predicted octanol–water partition coefficient (Wildman–Crippen LogP) is 3.88. The molecule has 134 valence electrons. The summed E-state index contributed by atoms with van der Waals surface area (Å²) in [6.07, 6.45) is -1.01. The molecule has 2 aromatic rings. The van der Waals surface area contributed by atoms with Crippen LogP contribution in [0, 0.1) is 5.41 Å². The lowest BCUT2D eigenvalue weighted by Crippen LogP contribution is -2.49. The maximum absolute atomic E-state index is 11.2. The van der Waals surface area contributed by atoms with Gasteiger partial charge in [-0.25, -0.2) is 4.79 Å². The van der Waals surface area contributed by atoms with Crippen molar-refractivity contribution < 1.29 is 9.90 Å². The molecule has 1 amide bonds. The van der Waals surface area contributed by atoms with Crippen LogP contribution in [0.1, 0.15) is 31.9 Å². The van der Waals surface area contributed by atoms with Crippen LogP contribution in [0.3, 0.4) is 0 Å². The van der Waals surface area contributed by atoms with Crippen LogP contribution < -0.4 is 10.6 Å².